The van der Waals surface area contributed by atoms with Crippen molar-refractivity contribution >= 4 is 21.7 Å². The normalized spacial score (nSPS) is 14.5. The zero-order chi connectivity index (χ0) is 9.42. The van der Waals surface area contributed by atoms with Crippen molar-refractivity contribution in [2.24, 2.45) is 0 Å². The van der Waals surface area contributed by atoms with Crippen molar-refractivity contribution in [2.75, 3.05) is 7.11 Å². The van der Waals surface area contributed by atoms with E-state index >= 15 is 0 Å². The summed E-state index contributed by atoms with van der Waals surface area (Å²) < 4.78 is 6.16. The number of Topliss-reactive ketones (excluding diaryl/α,β-unsaturated/α-hetero) is 1. The predicted molar refractivity (Wildman–Crippen MR) is 53.3 cm³/mol. The molecule has 0 unspecified atom stereocenters. The van der Waals surface area contributed by atoms with Crippen LogP contribution in [0, 0.1) is 0 Å². The lowest BCUT2D eigenvalue weighted by atomic mass is 10.1. The summed E-state index contributed by atoms with van der Waals surface area (Å²) in [6.45, 7) is 0. The maximum absolute atomic E-state index is 11.4. The Morgan fingerprint density at radius 3 is 2.85 bits per heavy atom. The first kappa shape index (κ1) is 8.75. The van der Waals surface area contributed by atoms with Gasteiger partial charge in [-0.1, -0.05) is 0 Å². The molecule has 0 N–H and O–H groups in total. The van der Waals surface area contributed by atoms with Gasteiger partial charge >= 0.3 is 0 Å². The molecule has 1 aliphatic carbocycles. The van der Waals surface area contributed by atoms with Crippen molar-refractivity contribution in [2.45, 2.75) is 12.8 Å². The molecule has 0 aromatic heterocycles. The van der Waals surface area contributed by atoms with Crippen molar-refractivity contribution < 1.29 is 9.53 Å². The van der Waals surface area contributed by atoms with Gasteiger partial charge < -0.3 is 4.74 Å². The Balaban J connectivity index is 2.64. The number of methoxy groups -OCH3 is 1. The minimum atomic E-state index is 0.223. The predicted octanol–water partition coefficient (Wildman–Crippen LogP) is 2.59. The Morgan fingerprint density at radius 2 is 2.15 bits per heavy atom. The SMILES string of the molecule is COc1c(Br)ccc2c1CCC2=O. The second-order valence-corrected chi connectivity index (χ2v) is 3.88. The Morgan fingerprint density at radius 1 is 1.38 bits per heavy atom. The zero-order valence-electron chi connectivity index (χ0n) is 7.26. The summed E-state index contributed by atoms with van der Waals surface area (Å²) in [5, 5.41) is 0. The molecule has 1 aromatic rings. The van der Waals surface area contributed by atoms with Crippen LogP contribution >= 0.6 is 15.9 Å². The fourth-order valence-electron chi connectivity index (χ4n) is 1.70. The van der Waals surface area contributed by atoms with Gasteiger partial charge in [-0.05, 0) is 34.5 Å². The number of hydrogen-bond donors (Lipinski definition) is 0. The molecule has 0 radical (unpaired) electrons. The fraction of sp³-hybridized carbons (Fsp3) is 0.300. The smallest absolute Gasteiger partial charge is 0.163 e. The number of carbonyl (C=O) groups excluding carboxylic acids is 1. The molecule has 0 heterocycles. The van der Waals surface area contributed by atoms with E-state index in [1.165, 1.54) is 0 Å². The van der Waals surface area contributed by atoms with E-state index in [0.717, 1.165) is 27.8 Å². The van der Waals surface area contributed by atoms with E-state index in [-0.39, 0.29) is 5.78 Å². The van der Waals surface area contributed by atoms with Gasteiger partial charge in [0, 0.05) is 17.5 Å². The van der Waals surface area contributed by atoms with Crippen molar-refractivity contribution in [3.05, 3.63) is 27.7 Å². The lowest BCUT2D eigenvalue weighted by molar-refractivity contribution is 0.0994. The second kappa shape index (κ2) is 3.14. The highest BCUT2D eigenvalue weighted by Crippen LogP contribution is 2.36. The molecular weight excluding hydrogens is 232 g/mol. The molecule has 2 nitrogen and oxygen atoms in total. The van der Waals surface area contributed by atoms with Crippen LogP contribution in [-0.4, -0.2) is 12.9 Å². The van der Waals surface area contributed by atoms with Gasteiger partial charge in [0.25, 0.3) is 0 Å². The molecule has 0 aliphatic heterocycles. The summed E-state index contributed by atoms with van der Waals surface area (Å²) in [5.74, 6) is 1.03. The topological polar surface area (TPSA) is 26.3 Å². The summed E-state index contributed by atoms with van der Waals surface area (Å²) in [5.41, 5.74) is 1.86. The number of halogens is 1. The average molecular weight is 241 g/mol. The Bertz CT molecular complexity index is 371. The number of ketones is 1. The third-order valence-corrected chi connectivity index (χ3v) is 2.94. The molecule has 68 valence electrons. The van der Waals surface area contributed by atoms with Crippen LogP contribution in [0.3, 0.4) is 0 Å². The summed E-state index contributed by atoms with van der Waals surface area (Å²) in [4.78, 5) is 11.4. The van der Waals surface area contributed by atoms with E-state index < -0.39 is 0 Å². The van der Waals surface area contributed by atoms with E-state index in [1.54, 1.807) is 7.11 Å². The molecule has 3 heteroatoms. The van der Waals surface area contributed by atoms with E-state index in [4.69, 9.17) is 4.74 Å². The number of ether oxygens (including phenoxy) is 1. The van der Waals surface area contributed by atoms with Crippen LogP contribution in [0.1, 0.15) is 22.3 Å². The highest BCUT2D eigenvalue weighted by Gasteiger charge is 2.23. The van der Waals surface area contributed by atoms with Crippen LogP contribution < -0.4 is 4.74 Å². The van der Waals surface area contributed by atoms with E-state index in [2.05, 4.69) is 15.9 Å². The molecular formula is C10H9BrO2. The molecule has 1 aromatic carbocycles. The van der Waals surface area contributed by atoms with Gasteiger partial charge in [-0.2, -0.15) is 0 Å². The van der Waals surface area contributed by atoms with Crippen LogP contribution in [0.25, 0.3) is 0 Å². The van der Waals surface area contributed by atoms with Gasteiger partial charge in [-0.3, -0.25) is 4.79 Å². The minimum absolute atomic E-state index is 0.223. The van der Waals surface area contributed by atoms with Crippen molar-refractivity contribution in [3.63, 3.8) is 0 Å². The Hall–Kier alpha value is -0.830. The highest BCUT2D eigenvalue weighted by atomic mass is 79.9. The van der Waals surface area contributed by atoms with Gasteiger partial charge in [-0.25, -0.2) is 0 Å². The number of carbonyl (C=O) groups is 1. The van der Waals surface area contributed by atoms with E-state index in [9.17, 15) is 4.79 Å². The number of hydrogen-bond acceptors (Lipinski definition) is 2. The van der Waals surface area contributed by atoms with Crippen molar-refractivity contribution in [1.82, 2.24) is 0 Å². The van der Waals surface area contributed by atoms with Gasteiger partial charge in [-0.15, -0.1) is 0 Å². The number of rotatable bonds is 1. The first-order valence-corrected chi connectivity index (χ1v) is 4.92. The first-order valence-electron chi connectivity index (χ1n) is 4.12. The minimum Gasteiger partial charge on any atom is -0.495 e. The maximum atomic E-state index is 11.4. The molecule has 1 aliphatic rings. The second-order valence-electron chi connectivity index (χ2n) is 3.03. The zero-order valence-corrected chi connectivity index (χ0v) is 8.85. The van der Waals surface area contributed by atoms with Crippen molar-refractivity contribution in [1.29, 1.82) is 0 Å². The van der Waals surface area contributed by atoms with Crippen LogP contribution in [0.15, 0.2) is 16.6 Å². The molecule has 0 saturated heterocycles. The van der Waals surface area contributed by atoms with Crippen LogP contribution in [-0.2, 0) is 6.42 Å². The standard InChI is InChI=1S/C10H9BrO2/c1-13-10-7-3-5-9(12)6(7)2-4-8(10)11/h2,4H,3,5H2,1H3. The number of fused-ring (bicyclic) bond motifs is 1. The first-order chi connectivity index (χ1) is 6.24. The molecule has 2 rings (SSSR count). The molecule has 0 atom stereocenters. The van der Waals surface area contributed by atoms with E-state index in [1.807, 2.05) is 12.1 Å². The van der Waals surface area contributed by atoms with E-state index in [0.29, 0.717) is 6.42 Å². The van der Waals surface area contributed by atoms with Crippen LogP contribution in [0.5, 0.6) is 5.75 Å². The quantitative estimate of drug-likeness (QED) is 0.755. The Labute approximate surface area is 85.0 Å². The van der Waals surface area contributed by atoms with Gasteiger partial charge in [0.15, 0.2) is 5.78 Å². The lowest BCUT2D eigenvalue weighted by Crippen LogP contribution is -1.94. The summed E-state index contributed by atoms with van der Waals surface area (Å²) in [6, 6.07) is 3.72. The number of benzene rings is 1. The fourth-order valence-corrected chi connectivity index (χ4v) is 2.24. The third-order valence-electron chi connectivity index (χ3n) is 2.32. The third kappa shape index (κ3) is 1.27. The van der Waals surface area contributed by atoms with Crippen LogP contribution in [0.2, 0.25) is 0 Å². The maximum Gasteiger partial charge on any atom is 0.163 e. The summed E-state index contributed by atoms with van der Waals surface area (Å²) >= 11 is 3.39. The van der Waals surface area contributed by atoms with Gasteiger partial charge in [0.2, 0.25) is 0 Å². The summed E-state index contributed by atoms with van der Waals surface area (Å²) in [7, 11) is 1.63. The molecule has 0 spiro atoms. The molecule has 0 bridgehead atoms. The highest BCUT2D eigenvalue weighted by molar-refractivity contribution is 9.10. The van der Waals surface area contributed by atoms with Crippen LogP contribution in [0.4, 0.5) is 0 Å². The van der Waals surface area contributed by atoms with Gasteiger partial charge in [0.1, 0.15) is 5.75 Å². The lowest BCUT2D eigenvalue weighted by Gasteiger charge is -2.07. The van der Waals surface area contributed by atoms with Crippen molar-refractivity contribution in [3.8, 4) is 5.75 Å². The Kier molecular flexibility index (Phi) is 2.12. The molecule has 0 amide bonds. The largest absolute Gasteiger partial charge is 0.495 e. The monoisotopic (exact) mass is 240 g/mol. The average Bonchev–Trinajstić information content (AvgIpc) is 2.48. The molecule has 0 fully saturated rings. The summed E-state index contributed by atoms with van der Waals surface area (Å²) in [6.07, 6.45) is 1.42. The molecule has 13 heavy (non-hydrogen) atoms. The molecule has 0 saturated carbocycles. The van der Waals surface area contributed by atoms with Gasteiger partial charge in [0.05, 0.1) is 11.6 Å².